The van der Waals surface area contributed by atoms with Gasteiger partial charge in [0.1, 0.15) is 5.01 Å². The van der Waals surface area contributed by atoms with Gasteiger partial charge in [0.05, 0.1) is 23.7 Å². The first kappa shape index (κ1) is 19.9. The Morgan fingerprint density at radius 3 is 2.63 bits per heavy atom. The fraction of sp³-hybridized carbons (Fsp3) is 0.0909. The summed E-state index contributed by atoms with van der Waals surface area (Å²) in [7, 11) is 1.38. The highest BCUT2D eigenvalue weighted by atomic mass is 32.1. The van der Waals surface area contributed by atoms with Gasteiger partial charge in [0, 0.05) is 29.3 Å². The number of nitrogens with one attached hydrogen (secondary N) is 2. The van der Waals surface area contributed by atoms with Crippen molar-refractivity contribution in [2.24, 2.45) is 0 Å². The molecule has 0 radical (unpaired) electrons. The molecule has 6 nitrogen and oxygen atoms in total. The lowest BCUT2D eigenvalue weighted by Gasteiger charge is -2.12. The maximum atomic E-state index is 11.5. The van der Waals surface area contributed by atoms with Gasteiger partial charge in [-0.15, -0.1) is 11.3 Å². The molecule has 2 aromatic carbocycles. The molecule has 0 aliphatic heterocycles. The lowest BCUT2D eigenvalue weighted by atomic mass is 10.1. The average molecular weight is 435 g/mol. The van der Waals surface area contributed by atoms with Crippen LogP contribution < -0.4 is 10.6 Å². The first-order valence-corrected chi connectivity index (χ1v) is 10.4. The zero-order valence-electron chi connectivity index (χ0n) is 16.1. The molecule has 8 heteroatoms. The van der Waals surface area contributed by atoms with E-state index < -0.39 is 0 Å². The maximum Gasteiger partial charge on any atom is 0.309 e. The van der Waals surface area contributed by atoms with Gasteiger partial charge in [-0.3, -0.25) is 9.78 Å². The Labute approximate surface area is 183 Å². The molecule has 4 rings (SSSR count). The summed E-state index contributed by atoms with van der Waals surface area (Å²) in [5, 5.41) is 7.73. The molecule has 0 unspecified atom stereocenters. The Morgan fingerprint density at radius 1 is 1.10 bits per heavy atom. The van der Waals surface area contributed by atoms with E-state index in [1.165, 1.54) is 7.11 Å². The van der Waals surface area contributed by atoms with Gasteiger partial charge in [-0.05, 0) is 48.1 Å². The van der Waals surface area contributed by atoms with E-state index in [1.54, 1.807) is 17.5 Å². The largest absolute Gasteiger partial charge is 0.469 e. The summed E-state index contributed by atoms with van der Waals surface area (Å²) >= 11 is 7.05. The summed E-state index contributed by atoms with van der Waals surface area (Å²) < 4.78 is 5.77. The molecule has 0 aliphatic rings. The van der Waals surface area contributed by atoms with Crippen LogP contribution >= 0.6 is 23.6 Å². The van der Waals surface area contributed by atoms with Gasteiger partial charge in [-0.2, -0.15) is 0 Å². The van der Waals surface area contributed by atoms with Crippen molar-refractivity contribution in [3.05, 3.63) is 72.6 Å². The normalized spacial score (nSPS) is 10.6. The molecule has 0 amide bonds. The van der Waals surface area contributed by atoms with E-state index in [1.807, 2.05) is 60.8 Å². The standard InChI is InChI=1S/C22H18N4O2S2/c1-28-20(27)11-14-4-2-6-16(10-14)24-22(29)25-17-7-3-5-15(12-17)21-26-18-8-9-23-13-19(18)30-21/h2-10,12-13H,11H2,1H3,(H2,24,25,29). The first-order chi connectivity index (χ1) is 14.6. The minimum absolute atomic E-state index is 0.214. The summed E-state index contributed by atoms with van der Waals surface area (Å²) in [6.07, 6.45) is 3.78. The summed E-state index contributed by atoms with van der Waals surface area (Å²) in [6.45, 7) is 0. The van der Waals surface area contributed by atoms with Crippen LogP contribution in [0.25, 0.3) is 20.8 Å². The Bertz CT molecular complexity index is 1190. The van der Waals surface area contributed by atoms with Crippen LogP contribution in [0.5, 0.6) is 0 Å². The third-order valence-electron chi connectivity index (χ3n) is 4.32. The summed E-state index contributed by atoms with van der Waals surface area (Å²) in [5.41, 5.74) is 4.44. The highest BCUT2D eigenvalue weighted by molar-refractivity contribution is 7.80. The van der Waals surface area contributed by atoms with Gasteiger partial charge in [-0.1, -0.05) is 24.3 Å². The van der Waals surface area contributed by atoms with E-state index in [0.717, 1.165) is 37.7 Å². The quantitative estimate of drug-likeness (QED) is 0.342. The first-order valence-electron chi connectivity index (χ1n) is 9.15. The molecular weight excluding hydrogens is 416 g/mol. The van der Waals surface area contributed by atoms with Crippen molar-refractivity contribution in [3.8, 4) is 10.6 Å². The number of benzene rings is 2. The number of nitrogens with zero attached hydrogens (tertiary/aromatic N) is 2. The monoisotopic (exact) mass is 434 g/mol. The third kappa shape index (κ3) is 4.79. The molecule has 2 aromatic heterocycles. The number of fused-ring (bicyclic) bond motifs is 1. The maximum absolute atomic E-state index is 11.5. The zero-order valence-corrected chi connectivity index (χ0v) is 17.7. The fourth-order valence-corrected chi connectivity index (χ4v) is 4.09. The molecule has 0 saturated heterocycles. The summed E-state index contributed by atoms with van der Waals surface area (Å²) in [5.74, 6) is -0.282. The van der Waals surface area contributed by atoms with Crippen molar-refractivity contribution in [1.29, 1.82) is 0 Å². The van der Waals surface area contributed by atoms with Crippen molar-refractivity contribution >= 4 is 56.2 Å². The fourth-order valence-electron chi connectivity index (χ4n) is 2.92. The van der Waals surface area contributed by atoms with Crippen molar-refractivity contribution in [2.45, 2.75) is 6.42 Å². The number of hydrogen-bond donors (Lipinski definition) is 2. The zero-order chi connectivity index (χ0) is 20.9. The molecule has 0 atom stereocenters. The molecule has 0 spiro atoms. The molecule has 0 bridgehead atoms. The number of anilines is 2. The van der Waals surface area contributed by atoms with Gasteiger partial charge in [0.2, 0.25) is 0 Å². The predicted octanol–water partition coefficient (Wildman–Crippen LogP) is 4.88. The molecule has 0 aliphatic carbocycles. The molecule has 0 fully saturated rings. The number of pyridine rings is 1. The third-order valence-corrected chi connectivity index (χ3v) is 5.58. The smallest absolute Gasteiger partial charge is 0.309 e. The van der Waals surface area contributed by atoms with Crippen molar-refractivity contribution in [1.82, 2.24) is 9.97 Å². The van der Waals surface area contributed by atoms with E-state index in [9.17, 15) is 4.79 Å². The van der Waals surface area contributed by atoms with Crippen LogP contribution in [-0.2, 0) is 16.0 Å². The van der Waals surface area contributed by atoms with Gasteiger partial charge in [0.15, 0.2) is 5.11 Å². The molecule has 4 aromatic rings. The second kappa shape index (κ2) is 8.98. The van der Waals surface area contributed by atoms with E-state index in [0.29, 0.717) is 5.11 Å². The molecule has 2 heterocycles. The lowest BCUT2D eigenvalue weighted by molar-refractivity contribution is -0.139. The molecule has 2 N–H and O–H groups in total. The molecule has 30 heavy (non-hydrogen) atoms. The van der Waals surface area contributed by atoms with E-state index in [-0.39, 0.29) is 12.4 Å². The Balaban J connectivity index is 1.46. The van der Waals surface area contributed by atoms with E-state index >= 15 is 0 Å². The Morgan fingerprint density at radius 2 is 1.87 bits per heavy atom. The van der Waals surface area contributed by atoms with Crippen molar-refractivity contribution < 1.29 is 9.53 Å². The van der Waals surface area contributed by atoms with Crippen molar-refractivity contribution in [3.63, 3.8) is 0 Å². The van der Waals surface area contributed by atoms with Crippen LogP contribution in [0.3, 0.4) is 0 Å². The second-order valence-electron chi connectivity index (χ2n) is 6.48. The van der Waals surface area contributed by atoms with Gasteiger partial charge in [0.25, 0.3) is 0 Å². The lowest BCUT2D eigenvalue weighted by Crippen LogP contribution is -2.19. The Kier molecular flexibility index (Phi) is 5.97. The number of hydrogen-bond acceptors (Lipinski definition) is 6. The van der Waals surface area contributed by atoms with Crippen LogP contribution in [-0.4, -0.2) is 28.2 Å². The minimum atomic E-state index is -0.282. The number of esters is 1. The SMILES string of the molecule is COC(=O)Cc1cccc(NC(=S)Nc2cccc(-c3nc4ccncc4s3)c2)c1. The van der Waals surface area contributed by atoms with Crippen LogP contribution in [0.2, 0.25) is 0 Å². The molecular formula is C22H18N4O2S2. The van der Waals surface area contributed by atoms with Gasteiger partial charge in [-0.25, -0.2) is 4.98 Å². The highest BCUT2D eigenvalue weighted by Crippen LogP contribution is 2.30. The van der Waals surface area contributed by atoms with Crippen LogP contribution in [0.1, 0.15) is 5.56 Å². The predicted molar refractivity (Wildman–Crippen MR) is 125 cm³/mol. The molecule has 0 saturated carbocycles. The number of rotatable bonds is 5. The average Bonchev–Trinajstić information content (AvgIpc) is 3.18. The highest BCUT2D eigenvalue weighted by Gasteiger charge is 2.08. The van der Waals surface area contributed by atoms with Crippen LogP contribution in [0, 0.1) is 0 Å². The number of thiazole rings is 1. The number of carbonyl (C=O) groups is 1. The molecule has 150 valence electrons. The van der Waals surface area contributed by atoms with E-state index in [4.69, 9.17) is 17.0 Å². The Hall–Kier alpha value is -3.36. The number of thiocarbonyl (C=S) groups is 1. The number of ether oxygens (including phenoxy) is 1. The topological polar surface area (TPSA) is 76.1 Å². The second-order valence-corrected chi connectivity index (χ2v) is 7.91. The summed E-state index contributed by atoms with van der Waals surface area (Å²) in [6, 6.07) is 17.3. The minimum Gasteiger partial charge on any atom is -0.469 e. The van der Waals surface area contributed by atoms with Crippen LogP contribution in [0.4, 0.5) is 11.4 Å². The van der Waals surface area contributed by atoms with Gasteiger partial charge < -0.3 is 15.4 Å². The van der Waals surface area contributed by atoms with Crippen LogP contribution in [0.15, 0.2) is 67.0 Å². The van der Waals surface area contributed by atoms with E-state index in [2.05, 4.69) is 20.6 Å². The number of aromatic nitrogens is 2. The summed E-state index contributed by atoms with van der Waals surface area (Å²) in [4.78, 5) is 20.3. The van der Waals surface area contributed by atoms with Gasteiger partial charge >= 0.3 is 5.97 Å². The van der Waals surface area contributed by atoms with Crippen molar-refractivity contribution in [2.75, 3.05) is 17.7 Å². The number of methoxy groups -OCH3 is 1. The number of carbonyl (C=O) groups excluding carboxylic acids is 1.